The zero-order chi connectivity index (χ0) is 14.5. The molecule has 0 aliphatic heterocycles. The molecule has 0 saturated carbocycles. The number of ether oxygens (including phenoxy) is 1. The first-order valence-corrected chi connectivity index (χ1v) is 6.19. The van der Waals surface area contributed by atoms with Gasteiger partial charge in [0, 0.05) is 12.2 Å². The van der Waals surface area contributed by atoms with E-state index in [1.807, 2.05) is 0 Å². The molecule has 0 aromatic heterocycles. The van der Waals surface area contributed by atoms with E-state index in [-0.39, 0.29) is 24.2 Å². The molecule has 0 saturated heterocycles. The van der Waals surface area contributed by atoms with Crippen LogP contribution in [0.15, 0.2) is 42.5 Å². The summed E-state index contributed by atoms with van der Waals surface area (Å²) in [6.07, 6.45) is 0. The maximum Gasteiger partial charge on any atom is 0.165 e. The third-order valence-electron chi connectivity index (χ3n) is 2.98. The van der Waals surface area contributed by atoms with Crippen LogP contribution in [0.5, 0.6) is 5.75 Å². The Balaban J connectivity index is 2.22. The van der Waals surface area contributed by atoms with Gasteiger partial charge >= 0.3 is 0 Å². The van der Waals surface area contributed by atoms with E-state index in [1.165, 1.54) is 25.3 Å². The number of methoxy groups -OCH3 is 1. The monoisotopic (exact) mass is 278 g/mol. The van der Waals surface area contributed by atoms with Gasteiger partial charge in [0.1, 0.15) is 5.82 Å². The first-order chi connectivity index (χ1) is 9.63. The second-order valence-electron chi connectivity index (χ2n) is 4.34. The fourth-order valence-electron chi connectivity index (χ4n) is 1.96. The molecule has 0 fully saturated rings. The molecule has 3 nitrogen and oxygen atoms in total. The van der Waals surface area contributed by atoms with E-state index in [2.05, 4.69) is 5.32 Å². The Bertz CT molecular complexity index is 590. The quantitative estimate of drug-likeness (QED) is 0.883. The number of hydrogen-bond donors (Lipinski definition) is 2. The lowest BCUT2D eigenvalue weighted by Gasteiger charge is -2.19. The van der Waals surface area contributed by atoms with E-state index in [1.54, 1.807) is 24.3 Å². The molecule has 0 spiro atoms. The number of hydrogen-bond acceptors (Lipinski definition) is 3. The molecular formula is C15H16F2N2O. The molecule has 1 unspecified atom stereocenters. The molecule has 2 aromatic carbocycles. The van der Waals surface area contributed by atoms with Crippen LogP contribution < -0.4 is 15.8 Å². The van der Waals surface area contributed by atoms with Crippen LogP contribution in [0.1, 0.15) is 11.6 Å². The average molecular weight is 278 g/mol. The summed E-state index contributed by atoms with van der Waals surface area (Å²) in [4.78, 5) is 0. The topological polar surface area (TPSA) is 47.3 Å². The van der Waals surface area contributed by atoms with Gasteiger partial charge in [-0.25, -0.2) is 8.78 Å². The van der Waals surface area contributed by atoms with E-state index < -0.39 is 5.82 Å². The van der Waals surface area contributed by atoms with Gasteiger partial charge in [-0.15, -0.1) is 0 Å². The standard InChI is InChI=1S/C15H16F2N2O/c1-20-15-6-5-10(7-13(15)17)14(9-18)19-12-4-2-3-11(16)8-12/h2-8,14,19H,9,18H2,1H3. The second kappa shape index (κ2) is 6.34. The van der Waals surface area contributed by atoms with Gasteiger partial charge in [-0.05, 0) is 35.9 Å². The van der Waals surface area contributed by atoms with Crippen molar-refractivity contribution in [2.75, 3.05) is 19.0 Å². The SMILES string of the molecule is COc1ccc(C(CN)Nc2cccc(F)c2)cc1F. The summed E-state index contributed by atoms with van der Waals surface area (Å²) in [6, 6.07) is 10.4. The fourth-order valence-corrected chi connectivity index (χ4v) is 1.96. The molecule has 0 bridgehead atoms. The maximum absolute atomic E-state index is 13.7. The van der Waals surface area contributed by atoms with Crippen LogP contribution in [-0.2, 0) is 0 Å². The van der Waals surface area contributed by atoms with Crippen LogP contribution in [0.25, 0.3) is 0 Å². The van der Waals surface area contributed by atoms with Crippen LogP contribution in [0.3, 0.4) is 0 Å². The Morgan fingerprint density at radius 1 is 1.20 bits per heavy atom. The Kier molecular flexibility index (Phi) is 4.53. The highest BCUT2D eigenvalue weighted by Gasteiger charge is 2.12. The molecule has 20 heavy (non-hydrogen) atoms. The summed E-state index contributed by atoms with van der Waals surface area (Å²) >= 11 is 0. The predicted octanol–water partition coefficient (Wildman–Crippen LogP) is 3.09. The largest absolute Gasteiger partial charge is 0.494 e. The molecule has 106 valence electrons. The Hall–Kier alpha value is -2.14. The van der Waals surface area contributed by atoms with E-state index in [9.17, 15) is 8.78 Å². The van der Waals surface area contributed by atoms with Crippen molar-refractivity contribution in [3.63, 3.8) is 0 Å². The van der Waals surface area contributed by atoms with Gasteiger partial charge in [0.25, 0.3) is 0 Å². The first-order valence-electron chi connectivity index (χ1n) is 6.19. The Labute approximate surface area is 116 Å². The lowest BCUT2D eigenvalue weighted by atomic mass is 10.1. The summed E-state index contributed by atoms with van der Waals surface area (Å²) < 4.78 is 31.7. The van der Waals surface area contributed by atoms with Gasteiger partial charge in [0.2, 0.25) is 0 Å². The van der Waals surface area contributed by atoms with Crippen LogP contribution >= 0.6 is 0 Å². The second-order valence-corrected chi connectivity index (χ2v) is 4.34. The Morgan fingerprint density at radius 2 is 2.00 bits per heavy atom. The van der Waals surface area contributed by atoms with Crippen molar-refractivity contribution in [2.45, 2.75) is 6.04 Å². The van der Waals surface area contributed by atoms with E-state index >= 15 is 0 Å². The van der Waals surface area contributed by atoms with Gasteiger partial charge in [-0.3, -0.25) is 0 Å². The molecule has 0 amide bonds. The van der Waals surface area contributed by atoms with Gasteiger partial charge < -0.3 is 15.8 Å². The molecule has 2 aromatic rings. The van der Waals surface area contributed by atoms with Crippen molar-refractivity contribution in [2.24, 2.45) is 5.73 Å². The van der Waals surface area contributed by atoms with Crippen LogP contribution in [0, 0.1) is 11.6 Å². The van der Waals surface area contributed by atoms with Crippen molar-refractivity contribution in [1.29, 1.82) is 0 Å². The smallest absolute Gasteiger partial charge is 0.165 e. The summed E-state index contributed by atoms with van der Waals surface area (Å²) in [7, 11) is 1.41. The molecule has 1 atom stereocenters. The summed E-state index contributed by atoms with van der Waals surface area (Å²) in [5.74, 6) is -0.619. The van der Waals surface area contributed by atoms with Crippen molar-refractivity contribution < 1.29 is 13.5 Å². The minimum absolute atomic E-state index is 0.176. The number of anilines is 1. The third-order valence-corrected chi connectivity index (χ3v) is 2.98. The molecule has 0 aliphatic rings. The maximum atomic E-state index is 13.7. The molecule has 5 heteroatoms. The molecule has 3 N–H and O–H groups in total. The highest BCUT2D eigenvalue weighted by atomic mass is 19.1. The number of rotatable bonds is 5. The lowest BCUT2D eigenvalue weighted by Crippen LogP contribution is -2.20. The minimum Gasteiger partial charge on any atom is -0.494 e. The van der Waals surface area contributed by atoms with Crippen molar-refractivity contribution in [1.82, 2.24) is 0 Å². The summed E-state index contributed by atoms with van der Waals surface area (Å²) in [5, 5.41) is 3.08. The van der Waals surface area contributed by atoms with Gasteiger partial charge in [-0.2, -0.15) is 0 Å². The van der Waals surface area contributed by atoms with Crippen LogP contribution in [0.2, 0.25) is 0 Å². The molecular weight excluding hydrogens is 262 g/mol. The number of halogens is 2. The summed E-state index contributed by atoms with van der Waals surface area (Å²) in [6.45, 7) is 0.252. The van der Waals surface area contributed by atoms with E-state index in [4.69, 9.17) is 10.5 Å². The van der Waals surface area contributed by atoms with Crippen molar-refractivity contribution >= 4 is 5.69 Å². The van der Waals surface area contributed by atoms with Crippen LogP contribution in [-0.4, -0.2) is 13.7 Å². The van der Waals surface area contributed by atoms with E-state index in [0.29, 0.717) is 11.3 Å². The molecule has 0 radical (unpaired) electrons. The van der Waals surface area contributed by atoms with E-state index in [0.717, 1.165) is 0 Å². The highest BCUT2D eigenvalue weighted by molar-refractivity contribution is 5.46. The normalized spacial score (nSPS) is 12.0. The zero-order valence-corrected chi connectivity index (χ0v) is 11.1. The molecule has 0 heterocycles. The van der Waals surface area contributed by atoms with Gasteiger partial charge in [-0.1, -0.05) is 12.1 Å². The first kappa shape index (κ1) is 14.3. The molecule has 0 aliphatic carbocycles. The lowest BCUT2D eigenvalue weighted by molar-refractivity contribution is 0.386. The summed E-state index contributed by atoms with van der Waals surface area (Å²) in [5.41, 5.74) is 6.97. The number of nitrogens with two attached hydrogens (primary N) is 1. The predicted molar refractivity (Wildman–Crippen MR) is 74.8 cm³/mol. The van der Waals surface area contributed by atoms with Crippen LogP contribution in [0.4, 0.5) is 14.5 Å². The van der Waals surface area contributed by atoms with Gasteiger partial charge in [0.05, 0.1) is 13.2 Å². The average Bonchev–Trinajstić information content (AvgIpc) is 2.44. The number of benzene rings is 2. The zero-order valence-electron chi connectivity index (χ0n) is 11.1. The Morgan fingerprint density at radius 3 is 2.60 bits per heavy atom. The minimum atomic E-state index is -0.454. The molecule has 2 rings (SSSR count). The van der Waals surface area contributed by atoms with Crippen molar-refractivity contribution in [3.8, 4) is 5.75 Å². The fraction of sp³-hybridized carbons (Fsp3) is 0.200. The third kappa shape index (κ3) is 3.24. The highest BCUT2D eigenvalue weighted by Crippen LogP contribution is 2.24. The van der Waals surface area contributed by atoms with Crippen molar-refractivity contribution in [3.05, 3.63) is 59.7 Å². The number of nitrogens with one attached hydrogen (secondary N) is 1. The van der Waals surface area contributed by atoms with Gasteiger partial charge in [0.15, 0.2) is 11.6 Å².